The van der Waals surface area contributed by atoms with Crippen LogP contribution in [0.4, 0.5) is 0 Å². The highest BCUT2D eigenvalue weighted by atomic mass is 16.3. The number of piperidine rings is 1. The number of hydrogen-bond acceptors (Lipinski definition) is 4. The lowest BCUT2D eigenvalue weighted by Crippen LogP contribution is -2.46. The Bertz CT molecular complexity index is 1290. The Kier molecular flexibility index (Phi) is 5.99. The molecule has 0 saturated carbocycles. The Balaban J connectivity index is 1.32. The van der Waals surface area contributed by atoms with Gasteiger partial charge in [-0.1, -0.05) is 36.4 Å². The molecule has 4 aromatic rings. The first kappa shape index (κ1) is 21.7. The number of aromatic nitrogens is 2. The second-order valence-electron chi connectivity index (χ2n) is 8.49. The topological polar surface area (TPSA) is 80.4 Å². The Morgan fingerprint density at radius 3 is 2.26 bits per heavy atom. The second kappa shape index (κ2) is 9.39. The summed E-state index contributed by atoms with van der Waals surface area (Å²) < 4.78 is 7.52. The van der Waals surface area contributed by atoms with Crippen molar-refractivity contribution in [1.29, 1.82) is 0 Å². The van der Waals surface area contributed by atoms with E-state index in [-0.39, 0.29) is 17.9 Å². The van der Waals surface area contributed by atoms with Gasteiger partial charge in [0.25, 0.3) is 11.8 Å². The van der Waals surface area contributed by atoms with Crippen LogP contribution in [-0.4, -0.2) is 45.6 Å². The monoisotopic (exact) mass is 454 g/mol. The molecule has 0 unspecified atom stereocenters. The van der Waals surface area contributed by atoms with Crippen molar-refractivity contribution in [3.63, 3.8) is 0 Å². The van der Waals surface area contributed by atoms with E-state index in [9.17, 15) is 9.59 Å². The molecule has 1 aliphatic rings. The van der Waals surface area contributed by atoms with E-state index < -0.39 is 0 Å². The Morgan fingerprint density at radius 2 is 1.62 bits per heavy atom. The molecule has 0 spiro atoms. The van der Waals surface area contributed by atoms with Gasteiger partial charge in [0.15, 0.2) is 5.76 Å². The maximum Gasteiger partial charge on any atom is 0.257 e. The zero-order valence-corrected chi connectivity index (χ0v) is 19.0. The number of benzene rings is 2. The van der Waals surface area contributed by atoms with E-state index in [2.05, 4.69) is 10.4 Å². The maximum atomic E-state index is 13.5. The summed E-state index contributed by atoms with van der Waals surface area (Å²) in [6.45, 7) is 2.99. The molecule has 0 atom stereocenters. The van der Waals surface area contributed by atoms with E-state index in [4.69, 9.17) is 4.42 Å². The van der Waals surface area contributed by atoms with Gasteiger partial charge in [0.1, 0.15) is 11.5 Å². The third kappa shape index (κ3) is 4.50. The SMILES string of the molecule is Cc1ccc(-c2nn(-c3ccccc3)cc2C(=O)N2CCC(NC(=O)c3ccccc3)CC2)o1. The maximum absolute atomic E-state index is 13.5. The van der Waals surface area contributed by atoms with Gasteiger partial charge in [-0.3, -0.25) is 9.59 Å². The van der Waals surface area contributed by atoms with Crippen molar-refractivity contribution in [2.45, 2.75) is 25.8 Å². The summed E-state index contributed by atoms with van der Waals surface area (Å²) in [6.07, 6.45) is 3.17. The van der Waals surface area contributed by atoms with Crippen molar-refractivity contribution >= 4 is 11.8 Å². The van der Waals surface area contributed by atoms with Crippen LogP contribution in [0.3, 0.4) is 0 Å². The third-order valence-corrected chi connectivity index (χ3v) is 6.09. The number of para-hydroxylation sites is 1. The summed E-state index contributed by atoms with van der Waals surface area (Å²) in [5, 5.41) is 7.78. The number of aryl methyl sites for hydroxylation is 1. The van der Waals surface area contributed by atoms with Gasteiger partial charge in [-0.25, -0.2) is 4.68 Å². The van der Waals surface area contributed by atoms with Gasteiger partial charge in [-0.2, -0.15) is 5.10 Å². The molecule has 2 amide bonds. The molecule has 1 N–H and O–H groups in total. The molecule has 2 aromatic carbocycles. The summed E-state index contributed by atoms with van der Waals surface area (Å²) in [6, 6.07) is 22.6. The minimum absolute atomic E-state index is 0.0380. The van der Waals surface area contributed by atoms with E-state index in [0.29, 0.717) is 48.5 Å². The molecular weight excluding hydrogens is 428 g/mol. The molecule has 1 fully saturated rings. The first-order chi connectivity index (χ1) is 16.6. The van der Waals surface area contributed by atoms with Crippen molar-refractivity contribution in [2.75, 3.05) is 13.1 Å². The van der Waals surface area contributed by atoms with Gasteiger partial charge in [-0.15, -0.1) is 0 Å². The minimum Gasteiger partial charge on any atom is -0.460 e. The third-order valence-electron chi connectivity index (χ3n) is 6.09. The molecule has 0 bridgehead atoms. The number of carbonyl (C=O) groups is 2. The average Bonchev–Trinajstić information content (AvgIpc) is 3.52. The van der Waals surface area contributed by atoms with E-state index in [1.165, 1.54) is 0 Å². The largest absolute Gasteiger partial charge is 0.460 e. The van der Waals surface area contributed by atoms with Crippen LogP contribution in [0.1, 0.15) is 39.3 Å². The first-order valence-corrected chi connectivity index (χ1v) is 11.5. The quantitative estimate of drug-likeness (QED) is 0.482. The number of likely N-dealkylation sites (tertiary alicyclic amines) is 1. The van der Waals surface area contributed by atoms with Crippen molar-refractivity contribution in [1.82, 2.24) is 20.0 Å². The van der Waals surface area contributed by atoms with Crippen LogP contribution in [0.5, 0.6) is 0 Å². The number of carbonyl (C=O) groups excluding carboxylic acids is 2. The lowest BCUT2D eigenvalue weighted by Gasteiger charge is -2.32. The lowest BCUT2D eigenvalue weighted by molar-refractivity contribution is 0.0698. The molecule has 0 radical (unpaired) electrons. The molecule has 7 nitrogen and oxygen atoms in total. The van der Waals surface area contributed by atoms with Crippen molar-refractivity contribution in [3.8, 4) is 17.1 Å². The number of rotatable bonds is 5. The minimum atomic E-state index is -0.0842. The number of nitrogens with zero attached hydrogens (tertiary/aromatic N) is 3. The zero-order valence-electron chi connectivity index (χ0n) is 19.0. The standard InChI is InChI=1S/C27H26N4O3/c1-19-12-13-24(34-19)25-23(18-31(29-25)22-10-6-3-7-11-22)27(33)30-16-14-21(15-17-30)28-26(32)20-8-4-2-5-9-20/h2-13,18,21H,14-17H2,1H3,(H,28,32). The summed E-state index contributed by atoms with van der Waals surface area (Å²) in [4.78, 5) is 27.8. The molecule has 7 heteroatoms. The van der Waals surface area contributed by atoms with E-state index >= 15 is 0 Å². The first-order valence-electron chi connectivity index (χ1n) is 11.5. The van der Waals surface area contributed by atoms with Crippen LogP contribution >= 0.6 is 0 Å². The van der Waals surface area contributed by atoms with Crippen molar-refractivity contribution < 1.29 is 14.0 Å². The van der Waals surface area contributed by atoms with Gasteiger partial charge in [0, 0.05) is 30.9 Å². The number of furan rings is 1. The molecule has 172 valence electrons. The average molecular weight is 455 g/mol. The van der Waals surface area contributed by atoms with Crippen molar-refractivity contribution in [2.24, 2.45) is 0 Å². The predicted octanol–water partition coefficient (Wildman–Crippen LogP) is 4.48. The molecular formula is C27H26N4O3. The summed E-state index contributed by atoms with van der Waals surface area (Å²) in [5.74, 6) is 1.17. The molecule has 5 rings (SSSR count). The molecule has 34 heavy (non-hydrogen) atoms. The van der Waals surface area contributed by atoms with Crippen LogP contribution in [0.25, 0.3) is 17.1 Å². The summed E-state index contributed by atoms with van der Waals surface area (Å²) in [5.41, 5.74) is 2.55. The smallest absolute Gasteiger partial charge is 0.257 e. The summed E-state index contributed by atoms with van der Waals surface area (Å²) in [7, 11) is 0. The lowest BCUT2D eigenvalue weighted by atomic mass is 10.0. The Labute approximate surface area is 198 Å². The van der Waals surface area contributed by atoms with E-state index in [1.807, 2.05) is 72.5 Å². The van der Waals surface area contributed by atoms with Crippen LogP contribution in [0.15, 0.2) is 83.4 Å². The zero-order chi connectivity index (χ0) is 23.5. The van der Waals surface area contributed by atoms with E-state index in [1.54, 1.807) is 23.0 Å². The van der Waals surface area contributed by atoms with Gasteiger partial charge < -0.3 is 14.6 Å². The normalized spacial score (nSPS) is 14.2. The summed E-state index contributed by atoms with van der Waals surface area (Å²) >= 11 is 0. The number of amides is 2. The molecule has 0 aliphatic carbocycles. The predicted molar refractivity (Wildman–Crippen MR) is 129 cm³/mol. The number of hydrogen-bond donors (Lipinski definition) is 1. The number of nitrogens with one attached hydrogen (secondary N) is 1. The van der Waals surface area contributed by atoms with Gasteiger partial charge in [-0.05, 0) is 56.2 Å². The Hall–Kier alpha value is -4.13. The van der Waals surface area contributed by atoms with Gasteiger partial charge >= 0.3 is 0 Å². The van der Waals surface area contributed by atoms with Gasteiger partial charge in [0.05, 0.1) is 11.3 Å². The molecule has 2 aromatic heterocycles. The fourth-order valence-electron chi connectivity index (χ4n) is 4.24. The van der Waals surface area contributed by atoms with Gasteiger partial charge in [0.2, 0.25) is 0 Å². The fourth-order valence-corrected chi connectivity index (χ4v) is 4.24. The highest BCUT2D eigenvalue weighted by Gasteiger charge is 2.29. The Morgan fingerprint density at radius 1 is 0.941 bits per heavy atom. The highest BCUT2D eigenvalue weighted by Crippen LogP contribution is 2.27. The highest BCUT2D eigenvalue weighted by molar-refractivity contribution is 5.99. The molecule has 1 saturated heterocycles. The van der Waals surface area contributed by atoms with E-state index in [0.717, 1.165) is 11.4 Å². The molecule has 3 heterocycles. The molecule has 1 aliphatic heterocycles. The van der Waals surface area contributed by atoms with Crippen LogP contribution in [0.2, 0.25) is 0 Å². The van der Waals surface area contributed by atoms with Crippen LogP contribution in [0, 0.1) is 6.92 Å². The second-order valence-corrected chi connectivity index (χ2v) is 8.49. The van der Waals surface area contributed by atoms with Crippen LogP contribution < -0.4 is 5.32 Å². The van der Waals surface area contributed by atoms with Crippen LogP contribution in [-0.2, 0) is 0 Å². The fraction of sp³-hybridized carbons (Fsp3) is 0.222. The van der Waals surface area contributed by atoms with Crippen molar-refractivity contribution in [3.05, 3.63) is 95.9 Å².